The maximum atomic E-state index is 12.1. The summed E-state index contributed by atoms with van der Waals surface area (Å²) < 4.78 is 0. The monoisotopic (exact) mass is 399 g/mol. The van der Waals surface area contributed by atoms with Crippen molar-refractivity contribution in [1.29, 1.82) is 0 Å². The summed E-state index contributed by atoms with van der Waals surface area (Å²) in [6, 6.07) is 0. The fourth-order valence-electron chi connectivity index (χ4n) is 3.54. The minimum Gasteiger partial charge on any atom is -0.480 e. The van der Waals surface area contributed by atoms with Gasteiger partial charge in [-0.15, -0.1) is 0 Å². The molecule has 28 heavy (non-hydrogen) atoms. The molecule has 1 amide bonds. The van der Waals surface area contributed by atoms with Crippen LogP contribution in [-0.2, 0) is 9.59 Å². The number of nitrogens with zero attached hydrogens (tertiary/aromatic N) is 1. The van der Waals surface area contributed by atoms with Crippen molar-refractivity contribution in [3.8, 4) is 0 Å². The Balaban J connectivity index is 3.48. The Morgan fingerprint density at radius 2 is 1.14 bits per heavy atom. The van der Waals surface area contributed by atoms with E-state index in [1.165, 1.54) is 81.9 Å². The van der Waals surface area contributed by atoms with Gasteiger partial charge < -0.3 is 15.1 Å². The van der Waals surface area contributed by atoms with Crippen LogP contribution < -0.4 is 0 Å². The van der Waals surface area contributed by atoms with Crippen molar-refractivity contribution in [3.63, 3.8) is 0 Å². The molecule has 0 aromatic heterocycles. The number of amides is 1. The van der Waals surface area contributed by atoms with Gasteiger partial charge in [0.1, 0.15) is 6.54 Å². The molecule has 0 aromatic carbocycles. The molecule has 0 fully saturated rings. The average molecular weight is 400 g/mol. The van der Waals surface area contributed by atoms with Crippen LogP contribution in [0.2, 0.25) is 0 Å². The van der Waals surface area contributed by atoms with Crippen LogP contribution in [0.5, 0.6) is 0 Å². The Morgan fingerprint density at radius 3 is 1.50 bits per heavy atom. The van der Waals surface area contributed by atoms with Crippen molar-refractivity contribution >= 4 is 11.9 Å². The highest BCUT2D eigenvalue weighted by molar-refractivity contribution is 5.81. The Kier molecular flexibility index (Phi) is 18.5. The van der Waals surface area contributed by atoms with E-state index in [9.17, 15) is 14.7 Å². The molecule has 5 heteroatoms. The zero-order valence-corrected chi connectivity index (χ0v) is 18.5. The third-order valence-electron chi connectivity index (χ3n) is 5.16. The lowest BCUT2D eigenvalue weighted by molar-refractivity contribution is -0.145. The lowest BCUT2D eigenvalue weighted by Crippen LogP contribution is -2.40. The molecule has 166 valence electrons. The summed E-state index contributed by atoms with van der Waals surface area (Å²) in [5.74, 6) is -1.21. The van der Waals surface area contributed by atoms with E-state index in [1.54, 1.807) is 6.92 Å². The number of carboxylic acids is 1. The average Bonchev–Trinajstić information content (AvgIpc) is 2.63. The number of hydrogen-bond acceptors (Lipinski definition) is 3. The summed E-state index contributed by atoms with van der Waals surface area (Å²) in [5.41, 5.74) is 0. The molecule has 0 aliphatic heterocycles. The minimum atomic E-state index is -1.04. The van der Waals surface area contributed by atoms with Gasteiger partial charge in [0.25, 0.3) is 0 Å². The molecule has 5 nitrogen and oxygen atoms in total. The Morgan fingerprint density at radius 1 is 0.750 bits per heavy atom. The van der Waals surface area contributed by atoms with Gasteiger partial charge in [-0.3, -0.25) is 9.59 Å². The third kappa shape index (κ3) is 18.3. The second kappa shape index (κ2) is 19.2. The molecule has 0 saturated carbocycles. The van der Waals surface area contributed by atoms with E-state index in [-0.39, 0.29) is 19.0 Å². The number of carboxylic acid groups (broad SMARTS) is 1. The van der Waals surface area contributed by atoms with Crippen LogP contribution in [0.1, 0.15) is 117 Å². The number of aliphatic hydroxyl groups is 1. The van der Waals surface area contributed by atoms with Crippen molar-refractivity contribution in [2.45, 2.75) is 123 Å². The molecule has 1 atom stereocenters. The van der Waals surface area contributed by atoms with E-state index < -0.39 is 12.1 Å². The van der Waals surface area contributed by atoms with Crippen molar-refractivity contribution in [1.82, 2.24) is 4.90 Å². The summed E-state index contributed by atoms with van der Waals surface area (Å²) in [7, 11) is 0. The predicted octanol–water partition coefficient (Wildman–Crippen LogP) is 5.54. The minimum absolute atomic E-state index is 0.0872. The molecule has 0 radical (unpaired) electrons. The maximum Gasteiger partial charge on any atom is 0.323 e. The zero-order valence-electron chi connectivity index (χ0n) is 18.5. The summed E-state index contributed by atoms with van der Waals surface area (Å²) in [6.45, 7) is 3.58. The number of hydrogen-bond donors (Lipinski definition) is 2. The summed E-state index contributed by atoms with van der Waals surface area (Å²) in [4.78, 5) is 24.2. The van der Waals surface area contributed by atoms with E-state index in [4.69, 9.17) is 5.11 Å². The fourth-order valence-corrected chi connectivity index (χ4v) is 3.54. The molecule has 0 rings (SSSR count). The molecule has 0 heterocycles. The van der Waals surface area contributed by atoms with Gasteiger partial charge in [0.2, 0.25) is 5.91 Å². The first-order chi connectivity index (χ1) is 13.5. The smallest absolute Gasteiger partial charge is 0.323 e. The van der Waals surface area contributed by atoms with E-state index in [2.05, 4.69) is 6.92 Å². The summed E-state index contributed by atoms with van der Waals surface area (Å²) >= 11 is 0. The van der Waals surface area contributed by atoms with Gasteiger partial charge in [0.15, 0.2) is 0 Å². The van der Waals surface area contributed by atoms with Gasteiger partial charge in [-0.2, -0.15) is 0 Å². The van der Waals surface area contributed by atoms with Crippen molar-refractivity contribution in [2.75, 3.05) is 13.1 Å². The number of aliphatic carboxylic acids is 1. The van der Waals surface area contributed by atoms with Crippen LogP contribution in [0.15, 0.2) is 0 Å². The normalized spacial score (nSPS) is 12.1. The van der Waals surface area contributed by atoms with Gasteiger partial charge in [-0.05, 0) is 13.3 Å². The van der Waals surface area contributed by atoms with Gasteiger partial charge >= 0.3 is 5.97 Å². The SMILES string of the molecule is CCCCCCCCCCCCCCCCCC(=O)N(CC(=O)O)CC(C)O. The Labute approximate surface area is 172 Å². The lowest BCUT2D eigenvalue weighted by atomic mass is 10.0. The van der Waals surface area contributed by atoms with Gasteiger partial charge in [0.05, 0.1) is 6.10 Å². The standard InChI is InChI=1S/C23H45NO4/c1-3-4-5-6-7-8-9-10-11-12-13-14-15-16-17-18-22(26)24(19-21(2)25)20-23(27)28/h21,25H,3-20H2,1-2H3,(H,27,28). The van der Waals surface area contributed by atoms with Gasteiger partial charge in [0, 0.05) is 13.0 Å². The van der Waals surface area contributed by atoms with Gasteiger partial charge in [-0.1, -0.05) is 96.8 Å². The van der Waals surface area contributed by atoms with E-state index in [1.807, 2.05) is 0 Å². The van der Waals surface area contributed by atoms with Crippen LogP contribution >= 0.6 is 0 Å². The van der Waals surface area contributed by atoms with Crippen LogP contribution in [-0.4, -0.2) is 46.2 Å². The molecule has 0 aromatic rings. The molecule has 0 saturated heterocycles. The molecule has 0 spiro atoms. The van der Waals surface area contributed by atoms with Crippen LogP contribution in [0.4, 0.5) is 0 Å². The molecule has 0 aliphatic carbocycles. The Bertz CT molecular complexity index is 385. The van der Waals surface area contributed by atoms with Crippen molar-refractivity contribution in [2.24, 2.45) is 0 Å². The number of unbranched alkanes of at least 4 members (excludes halogenated alkanes) is 14. The lowest BCUT2D eigenvalue weighted by Gasteiger charge is -2.22. The first-order valence-electron chi connectivity index (χ1n) is 11.6. The fraction of sp³-hybridized carbons (Fsp3) is 0.913. The molecule has 1 unspecified atom stereocenters. The molecule has 0 bridgehead atoms. The molecule has 0 aliphatic rings. The third-order valence-corrected chi connectivity index (χ3v) is 5.16. The molecular weight excluding hydrogens is 354 g/mol. The first kappa shape index (κ1) is 26.9. The predicted molar refractivity (Wildman–Crippen MR) is 115 cm³/mol. The Hall–Kier alpha value is -1.10. The highest BCUT2D eigenvalue weighted by Gasteiger charge is 2.17. The number of carbonyl (C=O) groups excluding carboxylic acids is 1. The number of carbonyl (C=O) groups is 2. The van der Waals surface area contributed by atoms with Crippen LogP contribution in [0, 0.1) is 0 Å². The van der Waals surface area contributed by atoms with Crippen LogP contribution in [0.25, 0.3) is 0 Å². The summed E-state index contributed by atoms with van der Waals surface area (Å²) in [5, 5.41) is 18.3. The highest BCUT2D eigenvalue weighted by Crippen LogP contribution is 2.14. The van der Waals surface area contributed by atoms with Crippen molar-refractivity contribution < 1.29 is 19.8 Å². The second-order valence-corrected chi connectivity index (χ2v) is 8.22. The topological polar surface area (TPSA) is 77.8 Å². The number of rotatable bonds is 20. The van der Waals surface area contributed by atoms with E-state index in [0.717, 1.165) is 19.3 Å². The van der Waals surface area contributed by atoms with Gasteiger partial charge in [-0.25, -0.2) is 0 Å². The summed E-state index contributed by atoms with van der Waals surface area (Å²) in [6.07, 6.45) is 18.8. The second-order valence-electron chi connectivity index (χ2n) is 8.22. The van der Waals surface area contributed by atoms with Crippen LogP contribution in [0.3, 0.4) is 0 Å². The first-order valence-corrected chi connectivity index (χ1v) is 11.6. The van der Waals surface area contributed by atoms with Crippen molar-refractivity contribution in [3.05, 3.63) is 0 Å². The molecule has 2 N–H and O–H groups in total. The van der Waals surface area contributed by atoms with E-state index >= 15 is 0 Å². The highest BCUT2D eigenvalue weighted by atomic mass is 16.4. The zero-order chi connectivity index (χ0) is 21.0. The van der Waals surface area contributed by atoms with E-state index in [0.29, 0.717) is 6.42 Å². The number of aliphatic hydroxyl groups excluding tert-OH is 1. The largest absolute Gasteiger partial charge is 0.480 e. The quantitative estimate of drug-likeness (QED) is 0.263. The molecular formula is C23H45NO4. The maximum absolute atomic E-state index is 12.1.